The zero-order valence-electron chi connectivity index (χ0n) is 10.5. The fourth-order valence-electron chi connectivity index (χ4n) is 2.40. The van der Waals surface area contributed by atoms with Crippen LogP contribution in [-0.2, 0) is 11.3 Å². The summed E-state index contributed by atoms with van der Waals surface area (Å²) in [5.41, 5.74) is 2.33. The number of carbonyl (C=O) groups is 1. The number of rotatable bonds is 3. The lowest BCUT2D eigenvalue weighted by atomic mass is 9.97. The molecule has 2 rings (SSSR count). The number of benzene rings is 1. The second-order valence-electron chi connectivity index (χ2n) is 4.97. The highest BCUT2D eigenvalue weighted by Gasteiger charge is 2.24. The lowest BCUT2D eigenvalue weighted by Crippen LogP contribution is -2.35. The van der Waals surface area contributed by atoms with Gasteiger partial charge in [-0.1, -0.05) is 23.7 Å². The molecular formula is C14H18ClNO2. The Morgan fingerprint density at radius 2 is 2.11 bits per heavy atom. The Kier molecular flexibility index (Phi) is 4.25. The van der Waals surface area contributed by atoms with Crippen molar-refractivity contribution in [2.24, 2.45) is 5.92 Å². The number of hydrogen-bond acceptors (Lipinski definition) is 2. The van der Waals surface area contributed by atoms with Crippen LogP contribution in [0, 0.1) is 12.8 Å². The van der Waals surface area contributed by atoms with Gasteiger partial charge in [-0.3, -0.25) is 9.69 Å². The molecule has 0 bridgehead atoms. The van der Waals surface area contributed by atoms with E-state index in [2.05, 4.69) is 11.0 Å². The van der Waals surface area contributed by atoms with Crippen LogP contribution in [0.1, 0.15) is 24.0 Å². The van der Waals surface area contributed by atoms with Crippen molar-refractivity contribution >= 4 is 17.6 Å². The first-order chi connectivity index (χ1) is 8.56. The largest absolute Gasteiger partial charge is 0.481 e. The molecule has 1 aliphatic heterocycles. The van der Waals surface area contributed by atoms with Crippen molar-refractivity contribution in [3.8, 4) is 0 Å². The first kappa shape index (κ1) is 13.4. The van der Waals surface area contributed by atoms with Crippen molar-refractivity contribution in [1.29, 1.82) is 0 Å². The van der Waals surface area contributed by atoms with E-state index in [0.717, 1.165) is 43.1 Å². The minimum Gasteiger partial charge on any atom is -0.481 e. The molecule has 3 nitrogen and oxygen atoms in total. The molecule has 1 aromatic carbocycles. The molecule has 1 heterocycles. The Bertz CT molecular complexity index is 439. The normalized spacial score (nSPS) is 17.9. The molecule has 1 aromatic rings. The molecule has 0 unspecified atom stereocenters. The van der Waals surface area contributed by atoms with Crippen LogP contribution < -0.4 is 0 Å². The predicted octanol–water partition coefficient (Wildman–Crippen LogP) is 2.95. The summed E-state index contributed by atoms with van der Waals surface area (Å²) in [6, 6.07) is 6.07. The maximum Gasteiger partial charge on any atom is 0.306 e. The van der Waals surface area contributed by atoms with E-state index in [-0.39, 0.29) is 5.92 Å². The molecule has 1 saturated heterocycles. The summed E-state index contributed by atoms with van der Waals surface area (Å²) in [5, 5.41) is 9.74. The third kappa shape index (κ3) is 3.24. The molecule has 98 valence electrons. The Balaban J connectivity index is 1.91. The van der Waals surface area contributed by atoms with Gasteiger partial charge in [-0.05, 0) is 50.0 Å². The highest BCUT2D eigenvalue weighted by molar-refractivity contribution is 6.31. The van der Waals surface area contributed by atoms with Gasteiger partial charge >= 0.3 is 5.97 Å². The molecule has 4 heteroatoms. The smallest absolute Gasteiger partial charge is 0.306 e. The molecule has 0 aliphatic carbocycles. The molecule has 18 heavy (non-hydrogen) atoms. The molecule has 0 spiro atoms. The van der Waals surface area contributed by atoms with Gasteiger partial charge in [-0.2, -0.15) is 0 Å². The van der Waals surface area contributed by atoms with Crippen molar-refractivity contribution < 1.29 is 9.90 Å². The molecule has 0 saturated carbocycles. The Morgan fingerprint density at radius 3 is 2.67 bits per heavy atom. The van der Waals surface area contributed by atoms with Crippen LogP contribution in [-0.4, -0.2) is 29.1 Å². The van der Waals surface area contributed by atoms with Crippen molar-refractivity contribution in [2.45, 2.75) is 26.3 Å². The number of carboxylic acids is 1. The fourth-order valence-corrected chi connectivity index (χ4v) is 2.52. The van der Waals surface area contributed by atoms with Gasteiger partial charge in [0.05, 0.1) is 5.92 Å². The number of piperidine rings is 1. The number of halogens is 1. The summed E-state index contributed by atoms with van der Waals surface area (Å²) in [5.74, 6) is -0.815. The van der Waals surface area contributed by atoms with E-state index in [9.17, 15) is 4.79 Å². The van der Waals surface area contributed by atoms with E-state index in [1.807, 2.05) is 19.1 Å². The number of nitrogens with zero attached hydrogens (tertiary/aromatic N) is 1. The summed E-state index contributed by atoms with van der Waals surface area (Å²) in [7, 11) is 0. The summed E-state index contributed by atoms with van der Waals surface area (Å²) in [4.78, 5) is 13.2. The van der Waals surface area contributed by atoms with Gasteiger partial charge in [0, 0.05) is 11.6 Å². The predicted molar refractivity (Wildman–Crippen MR) is 71.8 cm³/mol. The number of likely N-dealkylation sites (tertiary alicyclic amines) is 1. The summed E-state index contributed by atoms with van der Waals surface area (Å²) < 4.78 is 0. The molecule has 0 amide bonds. The van der Waals surface area contributed by atoms with Crippen LogP contribution in [0.3, 0.4) is 0 Å². The summed E-state index contributed by atoms with van der Waals surface area (Å²) in [6.07, 6.45) is 1.50. The molecule has 0 aromatic heterocycles. The minimum absolute atomic E-state index is 0.159. The number of carboxylic acid groups (broad SMARTS) is 1. The van der Waals surface area contributed by atoms with E-state index in [1.165, 1.54) is 5.56 Å². The Morgan fingerprint density at radius 1 is 1.44 bits per heavy atom. The summed E-state index contributed by atoms with van der Waals surface area (Å²) >= 11 is 6.00. The Hall–Kier alpha value is -1.06. The first-order valence-corrected chi connectivity index (χ1v) is 6.64. The molecule has 0 atom stereocenters. The van der Waals surface area contributed by atoms with Crippen molar-refractivity contribution in [3.05, 3.63) is 34.3 Å². The van der Waals surface area contributed by atoms with E-state index in [1.54, 1.807) is 0 Å². The van der Waals surface area contributed by atoms with Crippen molar-refractivity contribution in [2.75, 3.05) is 13.1 Å². The monoisotopic (exact) mass is 267 g/mol. The molecule has 0 radical (unpaired) electrons. The average molecular weight is 268 g/mol. The maximum atomic E-state index is 10.9. The fraction of sp³-hybridized carbons (Fsp3) is 0.500. The van der Waals surface area contributed by atoms with Crippen LogP contribution in [0.2, 0.25) is 5.02 Å². The topological polar surface area (TPSA) is 40.5 Å². The van der Waals surface area contributed by atoms with E-state index >= 15 is 0 Å². The van der Waals surface area contributed by atoms with Gasteiger partial charge in [0.15, 0.2) is 0 Å². The molecular weight excluding hydrogens is 250 g/mol. The number of aliphatic carboxylic acids is 1. The number of aryl methyl sites for hydroxylation is 1. The van der Waals surface area contributed by atoms with Gasteiger partial charge in [0.2, 0.25) is 0 Å². The van der Waals surface area contributed by atoms with Crippen LogP contribution in [0.15, 0.2) is 18.2 Å². The van der Waals surface area contributed by atoms with E-state index in [4.69, 9.17) is 16.7 Å². The van der Waals surface area contributed by atoms with E-state index in [0.29, 0.717) is 0 Å². The third-order valence-corrected chi connectivity index (χ3v) is 3.99. The third-order valence-electron chi connectivity index (χ3n) is 3.57. The molecule has 1 aliphatic rings. The molecule has 1 fully saturated rings. The van der Waals surface area contributed by atoms with E-state index < -0.39 is 5.97 Å². The molecule has 1 N–H and O–H groups in total. The van der Waals surface area contributed by atoms with Crippen LogP contribution in [0.5, 0.6) is 0 Å². The van der Waals surface area contributed by atoms with Gasteiger partial charge < -0.3 is 5.11 Å². The number of hydrogen-bond donors (Lipinski definition) is 1. The highest BCUT2D eigenvalue weighted by Crippen LogP contribution is 2.21. The lowest BCUT2D eigenvalue weighted by molar-refractivity contribution is -0.143. The van der Waals surface area contributed by atoms with Gasteiger partial charge in [-0.15, -0.1) is 0 Å². The Labute approximate surface area is 112 Å². The minimum atomic E-state index is -0.656. The van der Waals surface area contributed by atoms with Gasteiger partial charge in [0.1, 0.15) is 0 Å². The van der Waals surface area contributed by atoms with Crippen LogP contribution in [0.4, 0.5) is 0 Å². The first-order valence-electron chi connectivity index (χ1n) is 6.26. The highest BCUT2D eigenvalue weighted by atomic mass is 35.5. The zero-order chi connectivity index (χ0) is 13.1. The lowest BCUT2D eigenvalue weighted by Gasteiger charge is -2.30. The summed E-state index contributed by atoms with van der Waals surface area (Å²) in [6.45, 7) is 4.60. The van der Waals surface area contributed by atoms with Gasteiger partial charge in [-0.25, -0.2) is 0 Å². The van der Waals surface area contributed by atoms with Crippen LogP contribution in [0.25, 0.3) is 0 Å². The second-order valence-corrected chi connectivity index (χ2v) is 5.38. The average Bonchev–Trinajstić information content (AvgIpc) is 2.34. The second kappa shape index (κ2) is 5.72. The van der Waals surface area contributed by atoms with Crippen molar-refractivity contribution in [1.82, 2.24) is 4.90 Å². The van der Waals surface area contributed by atoms with Crippen molar-refractivity contribution in [3.63, 3.8) is 0 Å². The SMILES string of the molecule is Cc1cc(CN2CCC(C(=O)O)CC2)ccc1Cl. The maximum absolute atomic E-state index is 10.9. The quantitative estimate of drug-likeness (QED) is 0.915. The van der Waals surface area contributed by atoms with Gasteiger partial charge in [0.25, 0.3) is 0 Å². The van der Waals surface area contributed by atoms with Crippen LogP contribution >= 0.6 is 11.6 Å². The standard InChI is InChI=1S/C14H18ClNO2/c1-10-8-11(2-3-13(10)15)9-16-6-4-12(5-7-16)14(17)18/h2-3,8,12H,4-7,9H2,1H3,(H,17,18). The zero-order valence-corrected chi connectivity index (χ0v) is 11.3.